The van der Waals surface area contributed by atoms with Crippen LogP contribution in [0.1, 0.15) is 32.3 Å². The molecule has 0 bridgehead atoms. The molecule has 1 fully saturated rings. The van der Waals surface area contributed by atoms with Crippen molar-refractivity contribution in [1.29, 1.82) is 0 Å². The van der Waals surface area contributed by atoms with Crippen molar-refractivity contribution in [3.05, 3.63) is 33.4 Å². The number of Topliss-reactive ketones (excluding diaryl/α,β-unsaturated/α-hetero) is 1. The molecule has 1 N–H and O–H groups in total. The van der Waals surface area contributed by atoms with E-state index in [-0.39, 0.29) is 17.4 Å². The highest BCUT2D eigenvalue weighted by Crippen LogP contribution is 2.39. The lowest BCUT2D eigenvalue weighted by molar-refractivity contribution is -0.126. The van der Waals surface area contributed by atoms with Gasteiger partial charge in [-0.1, -0.05) is 32.0 Å². The van der Waals surface area contributed by atoms with E-state index < -0.39 is 0 Å². The molecule has 0 amide bonds. The molecule has 1 saturated carbocycles. The highest BCUT2D eigenvalue weighted by Gasteiger charge is 2.46. The van der Waals surface area contributed by atoms with Gasteiger partial charge in [-0.3, -0.25) is 4.79 Å². The van der Waals surface area contributed by atoms with Gasteiger partial charge in [0.2, 0.25) is 0 Å². The third kappa shape index (κ3) is 2.30. The number of carbonyl (C=O) groups is 1. The number of carbonyl (C=O) groups excluding carboxylic acids is 1. The second kappa shape index (κ2) is 4.58. The standard InChI is InChI=1S/C15H17IN2O/c1-15(2)7-11-13(12(19)8-15)14(18-17-11)9-5-3-4-6-10(9)16/h3-6,11,13,17H,7-8H2,1-2H3/t11-,13-/m0/s1. The molecule has 3 nitrogen and oxygen atoms in total. The number of halogens is 1. The number of hydrogen-bond acceptors (Lipinski definition) is 3. The molecule has 0 unspecified atom stereocenters. The van der Waals surface area contributed by atoms with Crippen LogP contribution in [-0.4, -0.2) is 17.5 Å². The predicted molar refractivity (Wildman–Crippen MR) is 84.1 cm³/mol. The van der Waals surface area contributed by atoms with E-state index in [0.29, 0.717) is 12.2 Å². The van der Waals surface area contributed by atoms with Gasteiger partial charge in [-0.25, -0.2) is 0 Å². The minimum absolute atomic E-state index is 0.0658. The van der Waals surface area contributed by atoms with E-state index in [0.717, 1.165) is 21.3 Å². The Kier molecular flexibility index (Phi) is 3.15. The normalized spacial score (nSPS) is 28.6. The van der Waals surface area contributed by atoms with Crippen molar-refractivity contribution in [3.8, 4) is 0 Å². The molecule has 2 atom stereocenters. The van der Waals surface area contributed by atoms with Crippen LogP contribution in [-0.2, 0) is 4.79 Å². The number of hydrazone groups is 1. The highest BCUT2D eigenvalue weighted by atomic mass is 127. The average Bonchev–Trinajstić information content (AvgIpc) is 2.71. The highest BCUT2D eigenvalue weighted by molar-refractivity contribution is 14.1. The van der Waals surface area contributed by atoms with Crippen LogP contribution in [0.15, 0.2) is 29.4 Å². The summed E-state index contributed by atoms with van der Waals surface area (Å²) in [5, 5.41) is 4.47. The first-order chi connectivity index (χ1) is 8.98. The van der Waals surface area contributed by atoms with Crippen LogP contribution in [0, 0.1) is 14.9 Å². The number of ketones is 1. The summed E-state index contributed by atoms with van der Waals surface area (Å²) in [5.74, 6) is 0.258. The van der Waals surface area contributed by atoms with Gasteiger partial charge in [0.25, 0.3) is 0 Å². The summed E-state index contributed by atoms with van der Waals surface area (Å²) in [6, 6.07) is 8.30. The van der Waals surface area contributed by atoms with Crippen LogP contribution in [0.5, 0.6) is 0 Å². The van der Waals surface area contributed by atoms with Crippen LogP contribution >= 0.6 is 22.6 Å². The van der Waals surface area contributed by atoms with Crippen molar-refractivity contribution < 1.29 is 4.79 Å². The van der Waals surface area contributed by atoms with Gasteiger partial charge in [-0.15, -0.1) is 0 Å². The molecule has 3 rings (SSSR count). The molecule has 2 aliphatic rings. The molecule has 0 spiro atoms. The smallest absolute Gasteiger partial charge is 0.144 e. The molecule has 1 heterocycles. The number of rotatable bonds is 1. The molecule has 100 valence electrons. The quantitative estimate of drug-likeness (QED) is 0.775. The van der Waals surface area contributed by atoms with Crippen LogP contribution in [0.25, 0.3) is 0 Å². The first-order valence-corrected chi connectivity index (χ1v) is 7.66. The number of hydrogen-bond donors (Lipinski definition) is 1. The van der Waals surface area contributed by atoms with Crippen LogP contribution < -0.4 is 5.43 Å². The van der Waals surface area contributed by atoms with Crippen molar-refractivity contribution in [1.82, 2.24) is 5.43 Å². The van der Waals surface area contributed by atoms with Gasteiger partial charge in [0.15, 0.2) is 0 Å². The van der Waals surface area contributed by atoms with Gasteiger partial charge in [0.05, 0.1) is 17.7 Å². The molecule has 0 saturated heterocycles. The fourth-order valence-electron chi connectivity index (χ4n) is 3.17. The van der Waals surface area contributed by atoms with E-state index in [1.165, 1.54) is 0 Å². The molecule has 1 aromatic rings. The van der Waals surface area contributed by atoms with Crippen LogP contribution in [0.4, 0.5) is 0 Å². The Morgan fingerprint density at radius 2 is 2.11 bits per heavy atom. The van der Waals surface area contributed by atoms with Gasteiger partial charge in [-0.2, -0.15) is 5.10 Å². The van der Waals surface area contributed by atoms with Crippen molar-refractivity contribution >= 4 is 34.1 Å². The first-order valence-electron chi connectivity index (χ1n) is 6.59. The topological polar surface area (TPSA) is 41.5 Å². The molecule has 19 heavy (non-hydrogen) atoms. The monoisotopic (exact) mass is 368 g/mol. The molecule has 1 aliphatic heterocycles. The minimum Gasteiger partial charge on any atom is -0.306 e. The molecule has 4 heteroatoms. The van der Waals surface area contributed by atoms with Crippen molar-refractivity contribution in [2.24, 2.45) is 16.4 Å². The lowest BCUT2D eigenvalue weighted by atomic mass is 9.68. The van der Waals surface area contributed by atoms with E-state index in [2.05, 4.69) is 59.1 Å². The fraction of sp³-hybridized carbons (Fsp3) is 0.467. The Balaban J connectivity index is 1.95. The maximum atomic E-state index is 12.5. The molecule has 0 radical (unpaired) electrons. The lowest BCUT2D eigenvalue weighted by Crippen LogP contribution is -2.45. The van der Waals surface area contributed by atoms with Crippen molar-refractivity contribution in [3.63, 3.8) is 0 Å². The van der Waals surface area contributed by atoms with Gasteiger partial charge in [0.1, 0.15) is 5.78 Å². The predicted octanol–water partition coefficient (Wildman–Crippen LogP) is 2.97. The summed E-state index contributed by atoms with van der Waals surface area (Å²) in [4.78, 5) is 12.5. The van der Waals surface area contributed by atoms with Gasteiger partial charge < -0.3 is 5.43 Å². The third-order valence-electron chi connectivity index (χ3n) is 3.97. The number of nitrogens with zero attached hydrogens (tertiary/aromatic N) is 1. The lowest BCUT2D eigenvalue weighted by Gasteiger charge is -2.36. The number of nitrogens with one attached hydrogen (secondary N) is 1. The summed E-state index contributed by atoms with van der Waals surface area (Å²) in [7, 11) is 0. The number of fused-ring (bicyclic) bond motifs is 1. The molecule has 1 aliphatic carbocycles. The Bertz CT molecular complexity index is 565. The summed E-state index contributed by atoms with van der Waals surface area (Å²) < 4.78 is 1.15. The van der Waals surface area contributed by atoms with Crippen molar-refractivity contribution in [2.75, 3.05) is 0 Å². The van der Waals surface area contributed by atoms with Crippen LogP contribution in [0.2, 0.25) is 0 Å². The number of benzene rings is 1. The molecule has 1 aromatic carbocycles. The largest absolute Gasteiger partial charge is 0.306 e. The third-order valence-corrected chi connectivity index (χ3v) is 4.91. The maximum absolute atomic E-state index is 12.5. The minimum atomic E-state index is -0.0658. The maximum Gasteiger partial charge on any atom is 0.144 e. The summed E-state index contributed by atoms with van der Waals surface area (Å²) >= 11 is 2.31. The summed E-state index contributed by atoms with van der Waals surface area (Å²) in [5.41, 5.74) is 5.29. The second-order valence-corrected chi connectivity index (χ2v) is 7.36. The summed E-state index contributed by atoms with van der Waals surface area (Å²) in [6.07, 6.45) is 1.65. The Morgan fingerprint density at radius 3 is 2.84 bits per heavy atom. The first kappa shape index (κ1) is 13.1. The Hall–Kier alpha value is -0.910. The zero-order valence-corrected chi connectivity index (χ0v) is 13.3. The van der Waals surface area contributed by atoms with Crippen molar-refractivity contribution in [2.45, 2.75) is 32.7 Å². The second-order valence-electron chi connectivity index (χ2n) is 6.20. The SMILES string of the molecule is CC1(C)CC(=O)[C@H]2C(c3ccccc3I)=NN[C@H]2C1. The van der Waals surface area contributed by atoms with E-state index in [9.17, 15) is 4.79 Å². The van der Waals surface area contributed by atoms with E-state index in [1.54, 1.807) is 0 Å². The van der Waals surface area contributed by atoms with Gasteiger partial charge in [0, 0.05) is 15.6 Å². The molecular formula is C15H17IN2O. The molecule has 0 aromatic heterocycles. The Morgan fingerprint density at radius 1 is 1.37 bits per heavy atom. The zero-order chi connectivity index (χ0) is 13.6. The van der Waals surface area contributed by atoms with E-state index in [4.69, 9.17) is 0 Å². The van der Waals surface area contributed by atoms with Gasteiger partial charge in [-0.05, 0) is 40.5 Å². The van der Waals surface area contributed by atoms with E-state index >= 15 is 0 Å². The summed E-state index contributed by atoms with van der Waals surface area (Å²) in [6.45, 7) is 4.32. The van der Waals surface area contributed by atoms with Gasteiger partial charge >= 0.3 is 0 Å². The Labute approximate surface area is 127 Å². The zero-order valence-electron chi connectivity index (χ0n) is 11.1. The average molecular weight is 368 g/mol. The van der Waals surface area contributed by atoms with Crippen LogP contribution in [0.3, 0.4) is 0 Å². The molecular weight excluding hydrogens is 351 g/mol. The van der Waals surface area contributed by atoms with E-state index in [1.807, 2.05) is 12.1 Å². The fourth-order valence-corrected chi connectivity index (χ4v) is 3.84.